The minimum atomic E-state index is -0.418. The zero-order valence-electron chi connectivity index (χ0n) is 18.2. The summed E-state index contributed by atoms with van der Waals surface area (Å²) in [4.78, 5) is 28.6. The molecular formula is C23H28ClN3O5. The molecule has 2 N–H and O–H groups in total. The van der Waals surface area contributed by atoms with Crippen LogP contribution in [0, 0.1) is 0 Å². The second-order valence-electron chi connectivity index (χ2n) is 7.45. The van der Waals surface area contributed by atoms with Crippen molar-refractivity contribution < 1.29 is 23.8 Å². The zero-order valence-corrected chi connectivity index (χ0v) is 19.0. The highest BCUT2D eigenvalue weighted by Gasteiger charge is 2.32. The molecule has 2 heterocycles. The van der Waals surface area contributed by atoms with Crippen molar-refractivity contribution in [3.05, 3.63) is 42.1 Å². The van der Waals surface area contributed by atoms with Crippen molar-refractivity contribution in [2.24, 2.45) is 0 Å². The van der Waals surface area contributed by atoms with Gasteiger partial charge in [0.1, 0.15) is 11.9 Å². The van der Waals surface area contributed by atoms with Gasteiger partial charge in [-0.05, 0) is 31.5 Å². The van der Waals surface area contributed by atoms with E-state index >= 15 is 0 Å². The third-order valence-corrected chi connectivity index (χ3v) is 5.49. The van der Waals surface area contributed by atoms with E-state index in [9.17, 15) is 9.59 Å². The molecular weight excluding hydrogens is 434 g/mol. The summed E-state index contributed by atoms with van der Waals surface area (Å²) in [7, 11) is 1.58. The maximum atomic E-state index is 12.7. The SMILES string of the molecule is C=C[C@H](CCC(=O)OCC)NC(=O)[C@@H]1C[C@@H](Oc2ncc(OC)c3ccc(Cl)cc23)CN1. The lowest BCUT2D eigenvalue weighted by molar-refractivity contribution is -0.143. The minimum absolute atomic E-state index is 0.166. The van der Waals surface area contributed by atoms with Crippen molar-refractivity contribution in [1.29, 1.82) is 0 Å². The predicted octanol–water partition coefficient (Wildman–Crippen LogP) is 3.02. The summed E-state index contributed by atoms with van der Waals surface area (Å²) in [5.41, 5.74) is 0. The van der Waals surface area contributed by atoms with Crippen LogP contribution >= 0.6 is 11.6 Å². The first-order valence-corrected chi connectivity index (χ1v) is 10.9. The Labute approximate surface area is 192 Å². The van der Waals surface area contributed by atoms with E-state index in [0.717, 1.165) is 10.8 Å². The van der Waals surface area contributed by atoms with Gasteiger partial charge in [0.05, 0.1) is 26.0 Å². The highest BCUT2D eigenvalue weighted by atomic mass is 35.5. The molecule has 1 aliphatic heterocycles. The average molecular weight is 462 g/mol. The summed E-state index contributed by atoms with van der Waals surface area (Å²) < 4.78 is 16.4. The van der Waals surface area contributed by atoms with Gasteiger partial charge in [-0.3, -0.25) is 9.59 Å². The Morgan fingerprint density at radius 2 is 2.22 bits per heavy atom. The van der Waals surface area contributed by atoms with Gasteiger partial charge in [0, 0.05) is 41.2 Å². The number of rotatable bonds is 10. The average Bonchev–Trinajstić information content (AvgIpc) is 3.25. The molecule has 0 radical (unpaired) electrons. The van der Waals surface area contributed by atoms with E-state index in [2.05, 4.69) is 22.2 Å². The maximum Gasteiger partial charge on any atom is 0.305 e. The zero-order chi connectivity index (χ0) is 23.1. The number of fused-ring (bicyclic) bond motifs is 1. The molecule has 32 heavy (non-hydrogen) atoms. The number of aromatic nitrogens is 1. The molecule has 9 heteroatoms. The van der Waals surface area contributed by atoms with Crippen LogP contribution in [-0.4, -0.2) is 55.3 Å². The lowest BCUT2D eigenvalue weighted by Gasteiger charge is -2.18. The lowest BCUT2D eigenvalue weighted by atomic mass is 10.1. The molecule has 0 unspecified atom stereocenters. The van der Waals surface area contributed by atoms with Crippen molar-refractivity contribution in [1.82, 2.24) is 15.6 Å². The second kappa shape index (κ2) is 11.2. The predicted molar refractivity (Wildman–Crippen MR) is 122 cm³/mol. The quantitative estimate of drug-likeness (QED) is 0.414. The van der Waals surface area contributed by atoms with Crippen LogP contribution in [0.25, 0.3) is 10.8 Å². The van der Waals surface area contributed by atoms with Gasteiger partial charge in [-0.25, -0.2) is 4.98 Å². The summed E-state index contributed by atoms with van der Waals surface area (Å²) >= 11 is 6.17. The fraction of sp³-hybridized carbons (Fsp3) is 0.435. The monoisotopic (exact) mass is 461 g/mol. The first kappa shape index (κ1) is 23.8. The van der Waals surface area contributed by atoms with Gasteiger partial charge >= 0.3 is 5.97 Å². The standard InChI is InChI=1S/C23H28ClN3O5/c1-4-15(7-9-21(28)31-5-2)27-22(29)19-11-16(12-25-19)32-23-18-10-14(24)6-8-17(18)20(30-3)13-26-23/h4,6,8,10,13,15-16,19,25H,1,5,7,9,11-12H2,2-3H3,(H,27,29)/t15-,16-,19+/m1/s1. The van der Waals surface area contributed by atoms with Crippen LogP contribution in [0.15, 0.2) is 37.1 Å². The number of nitrogens with zero attached hydrogens (tertiary/aromatic N) is 1. The molecule has 8 nitrogen and oxygen atoms in total. The number of hydrogen-bond donors (Lipinski definition) is 2. The number of carbonyl (C=O) groups excluding carboxylic acids is 2. The number of ether oxygens (including phenoxy) is 3. The third kappa shape index (κ3) is 5.89. The summed E-state index contributed by atoms with van der Waals surface area (Å²) in [5.74, 6) is 0.611. The van der Waals surface area contributed by atoms with Crippen LogP contribution in [0.1, 0.15) is 26.2 Å². The van der Waals surface area contributed by atoms with Crippen molar-refractivity contribution in [2.45, 2.75) is 44.4 Å². The summed E-state index contributed by atoms with van der Waals surface area (Å²) in [6.07, 6.45) is 4.11. The van der Waals surface area contributed by atoms with Gasteiger partial charge < -0.3 is 24.8 Å². The molecule has 2 aromatic rings. The van der Waals surface area contributed by atoms with E-state index in [4.69, 9.17) is 25.8 Å². The number of benzene rings is 1. The van der Waals surface area contributed by atoms with Gasteiger partial charge in [0.15, 0.2) is 0 Å². The molecule has 0 aliphatic carbocycles. The van der Waals surface area contributed by atoms with E-state index in [-0.39, 0.29) is 30.4 Å². The molecule has 3 rings (SSSR count). The van der Waals surface area contributed by atoms with Crippen LogP contribution in [0.3, 0.4) is 0 Å². The Balaban J connectivity index is 1.60. The number of hydrogen-bond acceptors (Lipinski definition) is 7. The van der Waals surface area contributed by atoms with Gasteiger partial charge in [-0.2, -0.15) is 0 Å². The molecule has 0 bridgehead atoms. The molecule has 1 amide bonds. The van der Waals surface area contributed by atoms with E-state index in [1.165, 1.54) is 0 Å². The minimum Gasteiger partial charge on any atom is -0.494 e. The van der Waals surface area contributed by atoms with Crippen molar-refractivity contribution >= 4 is 34.2 Å². The Morgan fingerprint density at radius 3 is 2.94 bits per heavy atom. The molecule has 1 aromatic carbocycles. The van der Waals surface area contributed by atoms with Gasteiger partial charge in [-0.1, -0.05) is 17.7 Å². The third-order valence-electron chi connectivity index (χ3n) is 5.26. The molecule has 0 spiro atoms. The van der Waals surface area contributed by atoms with Crippen molar-refractivity contribution in [3.63, 3.8) is 0 Å². The number of methoxy groups -OCH3 is 1. The van der Waals surface area contributed by atoms with E-state index < -0.39 is 6.04 Å². The lowest BCUT2D eigenvalue weighted by Crippen LogP contribution is -2.44. The Kier molecular flexibility index (Phi) is 8.30. The number of carbonyl (C=O) groups is 2. The van der Waals surface area contributed by atoms with Gasteiger partial charge in [0.2, 0.25) is 11.8 Å². The summed E-state index contributed by atoms with van der Waals surface area (Å²) in [6.45, 7) is 6.33. The fourth-order valence-corrected chi connectivity index (χ4v) is 3.78. The van der Waals surface area contributed by atoms with E-state index in [0.29, 0.717) is 42.6 Å². The smallest absolute Gasteiger partial charge is 0.305 e. The van der Waals surface area contributed by atoms with Crippen LogP contribution < -0.4 is 20.1 Å². The van der Waals surface area contributed by atoms with Crippen LogP contribution in [0.4, 0.5) is 0 Å². The second-order valence-corrected chi connectivity index (χ2v) is 7.89. The Morgan fingerprint density at radius 1 is 1.41 bits per heavy atom. The molecule has 172 valence electrons. The number of nitrogens with one attached hydrogen (secondary N) is 2. The van der Waals surface area contributed by atoms with Gasteiger partial charge in [-0.15, -0.1) is 6.58 Å². The Hall–Kier alpha value is -2.84. The maximum absolute atomic E-state index is 12.7. The molecule has 3 atom stereocenters. The highest BCUT2D eigenvalue weighted by Crippen LogP contribution is 2.33. The van der Waals surface area contributed by atoms with Crippen LogP contribution in [0.2, 0.25) is 5.02 Å². The first-order valence-electron chi connectivity index (χ1n) is 10.6. The normalized spacial score (nSPS) is 18.7. The number of amides is 1. The number of esters is 1. The molecule has 0 saturated carbocycles. The van der Waals surface area contributed by atoms with Gasteiger partial charge in [0.25, 0.3) is 0 Å². The molecule has 1 aliphatic rings. The first-order chi connectivity index (χ1) is 15.4. The highest BCUT2D eigenvalue weighted by molar-refractivity contribution is 6.31. The Bertz CT molecular complexity index is 984. The topological polar surface area (TPSA) is 98.8 Å². The van der Waals surface area contributed by atoms with E-state index in [1.54, 1.807) is 38.4 Å². The largest absolute Gasteiger partial charge is 0.494 e. The summed E-state index contributed by atoms with van der Waals surface area (Å²) in [6, 6.07) is 4.69. The number of pyridine rings is 1. The molecule has 1 saturated heterocycles. The molecule has 1 aromatic heterocycles. The molecule has 1 fully saturated rings. The van der Waals surface area contributed by atoms with Crippen LogP contribution in [0.5, 0.6) is 11.6 Å². The fourth-order valence-electron chi connectivity index (χ4n) is 3.61. The summed E-state index contributed by atoms with van der Waals surface area (Å²) in [5, 5.41) is 8.25. The van der Waals surface area contributed by atoms with Crippen molar-refractivity contribution in [3.8, 4) is 11.6 Å². The number of halogens is 1. The van der Waals surface area contributed by atoms with Crippen molar-refractivity contribution in [2.75, 3.05) is 20.3 Å². The van der Waals surface area contributed by atoms with E-state index in [1.807, 2.05) is 6.07 Å². The van der Waals surface area contributed by atoms with Crippen LogP contribution in [-0.2, 0) is 14.3 Å².